The number of hydrogen-bond donors (Lipinski definition) is 0. The van der Waals surface area contributed by atoms with E-state index in [1.165, 1.54) is 13.3 Å². The molecule has 0 amide bonds. The first kappa shape index (κ1) is 21.3. The Morgan fingerprint density at radius 1 is 0.867 bits per heavy atom. The Morgan fingerprint density at radius 3 is 1.07 bits per heavy atom. The molecular formula is C8H20O4P2Zn. The molecule has 0 aromatic rings. The van der Waals surface area contributed by atoms with Gasteiger partial charge in [-0.15, -0.1) is 0 Å². The molecule has 0 aliphatic heterocycles. The van der Waals surface area contributed by atoms with E-state index in [1.54, 1.807) is 0 Å². The van der Waals surface area contributed by atoms with Crippen LogP contribution in [0.1, 0.15) is 26.7 Å². The van der Waals surface area contributed by atoms with Gasteiger partial charge in [0.05, 0.1) is 0 Å². The van der Waals surface area contributed by atoms with Crippen molar-refractivity contribution >= 4 is 14.7 Å². The van der Waals surface area contributed by atoms with E-state index in [4.69, 9.17) is 0 Å². The van der Waals surface area contributed by atoms with Crippen LogP contribution in [-0.2, 0) is 28.6 Å². The minimum atomic E-state index is -2.92. The van der Waals surface area contributed by atoms with Gasteiger partial charge in [-0.25, -0.2) is 0 Å². The van der Waals surface area contributed by atoms with E-state index in [2.05, 4.69) is 0 Å². The summed E-state index contributed by atoms with van der Waals surface area (Å²) in [6, 6.07) is 0. The summed E-state index contributed by atoms with van der Waals surface area (Å²) in [5.41, 5.74) is 0. The van der Waals surface area contributed by atoms with E-state index in [9.17, 15) is 18.9 Å². The zero-order valence-electron chi connectivity index (χ0n) is 10.1. The maximum Gasteiger partial charge on any atom is 2.00 e. The van der Waals surface area contributed by atoms with Gasteiger partial charge in [0, 0.05) is 14.7 Å². The summed E-state index contributed by atoms with van der Waals surface area (Å²) >= 11 is 0. The van der Waals surface area contributed by atoms with Gasteiger partial charge in [0.1, 0.15) is 0 Å². The first-order chi connectivity index (χ1) is 6.12. The molecule has 0 aliphatic carbocycles. The standard InChI is InChI=1S/2C4H11O2P.Zn/c2*1-3-4-7(2,5)6;/h2*3-4H2,1-2H3,(H,5,6);/q;;+2/p-2. The fourth-order valence-corrected chi connectivity index (χ4v) is 2.44. The van der Waals surface area contributed by atoms with Crippen molar-refractivity contribution in [3.05, 3.63) is 0 Å². The van der Waals surface area contributed by atoms with Crippen molar-refractivity contribution < 1.29 is 38.4 Å². The van der Waals surface area contributed by atoms with Crippen LogP contribution in [0.4, 0.5) is 0 Å². The first-order valence-corrected chi connectivity index (χ1v) is 9.19. The van der Waals surface area contributed by atoms with Crippen molar-refractivity contribution in [1.29, 1.82) is 0 Å². The summed E-state index contributed by atoms with van der Waals surface area (Å²) in [5, 5.41) is 0. The van der Waals surface area contributed by atoms with Crippen LogP contribution in [0.25, 0.3) is 0 Å². The fourth-order valence-electron chi connectivity index (χ4n) is 0.812. The average molecular weight is 308 g/mol. The zero-order valence-corrected chi connectivity index (χ0v) is 14.8. The van der Waals surface area contributed by atoms with Crippen molar-refractivity contribution in [1.82, 2.24) is 0 Å². The van der Waals surface area contributed by atoms with Crippen LogP contribution in [-0.4, -0.2) is 25.7 Å². The van der Waals surface area contributed by atoms with E-state index in [1.807, 2.05) is 13.8 Å². The molecular weight excluding hydrogens is 287 g/mol. The van der Waals surface area contributed by atoms with Crippen LogP contribution in [0.15, 0.2) is 0 Å². The Kier molecular flexibility index (Phi) is 14.5. The molecule has 0 aliphatic rings. The Bertz CT molecular complexity index is 197. The van der Waals surface area contributed by atoms with Gasteiger partial charge in [-0.05, 0) is 25.7 Å². The zero-order chi connectivity index (χ0) is 11.8. The van der Waals surface area contributed by atoms with Gasteiger partial charge in [-0.3, -0.25) is 0 Å². The quantitative estimate of drug-likeness (QED) is 0.579. The summed E-state index contributed by atoms with van der Waals surface area (Å²) in [6.07, 6.45) is 2.15. The van der Waals surface area contributed by atoms with Crippen molar-refractivity contribution in [2.75, 3.05) is 25.7 Å². The molecule has 15 heavy (non-hydrogen) atoms. The molecule has 2 unspecified atom stereocenters. The van der Waals surface area contributed by atoms with Crippen LogP contribution in [0.5, 0.6) is 0 Å². The SMILES string of the molecule is CCCP(C)(=O)[O-].CCCP(C)(=O)[O-].[Zn+2]. The average Bonchev–Trinajstić information content (AvgIpc) is 1.81. The molecule has 0 spiro atoms. The smallest absolute Gasteiger partial charge is 0.799 e. The molecule has 0 aromatic heterocycles. The Hall–Kier alpha value is 1.00. The molecule has 0 rings (SSSR count). The first-order valence-electron chi connectivity index (χ1n) is 4.67. The molecule has 88 valence electrons. The van der Waals surface area contributed by atoms with Crippen LogP contribution in [0.3, 0.4) is 0 Å². The van der Waals surface area contributed by atoms with Gasteiger partial charge in [0.25, 0.3) is 0 Å². The Balaban J connectivity index is -0.000000180. The van der Waals surface area contributed by atoms with E-state index in [0.29, 0.717) is 12.3 Å². The summed E-state index contributed by atoms with van der Waals surface area (Å²) < 4.78 is 20.5. The second kappa shape index (κ2) is 10.2. The van der Waals surface area contributed by atoms with Gasteiger partial charge < -0.3 is 18.9 Å². The van der Waals surface area contributed by atoms with Crippen LogP contribution >= 0.6 is 14.7 Å². The normalized spacial score (nSPS) is 17.5. The molecule has 0 bridgehead atoms. The maximum absolute atomic E-state index is 10.3. The third kappa shape index (κ3) is 31.3. The van der Waals surface area contributed by atoms with Gasteiger partial charge in [-0.1, -0.05) is 26.7 Å². The molecule has 0 radical (unpaired) electrons. The van der Waals surface area contributed by atoms with E-state index in [-0.39, 0.29) is 19.5 Å². The predicted molar refractivity (Wildman–Crippen MR) is 57.4 cm³/mol. The van der Waals surface area contributed by atoms with Crippen molar-refractivity contribution in [2.45, 2.75) is 26.7 Å². The largest absolute Gasteiger partial charge is 2.00 e. The molecule has 0 heterocycles. The van der Waals surface area contributed by atoms with Crippen LogP contribution < -0.4 is 9.79 Å². The summed E-state index contributed by atoms with van der Waals surface area (Å²) in [4.78, 5) is 20.5. The molecule has 0 aromatic carbocycles. The van der Waals surface area contributed by atoms with Gasteiger partial charge >= 0.3 is 19.5 Å². The third-order valence-corrected chi connectivity index (χ3v) is 3.78. The van der Waals surface area contributed by atoms with Crippen LogP contribution in [0, 0.1) is 0 Å². The van der Waals surface area contributed by atoms with Gasteiger partial charge in [-0.2, -0.15) is 0 Å². The molecule has 0 saturated carbocycles. The van der Waals surface area contributed by atoms with E-state index >= 15 is 0 Å². The Morgan fingerprint density at radius 2 is 1.07 bits per heavy atom. The van der Waals surface area contributed by atoms with Gasteiger partial charge in [0.2, 0.25) is 0 Å². The number of hydrogen-bond acceptors (Lipinski definition) is 4. The fraction of sp³-hybridized carbons (Fsp3) is 1.00. The minimum Gasteiger partial charge on any atom is -0.799 e. The Labute approximate surface area is 106 Å². The van der Waals surface area contributed by atoms with Crippen molar-refractivity contribution in [3.8, 4) is 0 Å². The molecule has 0 fully saturated rings. The molecule has 4 nitrogen and oxygen atoms in total. The molecule has 0 N–H and O–H groups in total. The second-order valence-corrected chi connectivity index (χ2v) is 8.43. The minimum absolute atomic E-state index is 0. The van der Waals surface area contributed by atoms with Gasteiger partial charge in [0.15, 0.2) is 0 Å². The second-order valence-electron chi connectivity index (χ2n) is 3.48. The summed E-state index contributed by atoms with van der Waals surface area (Å²) in [6.45, 7) is 6.26. The summed E-state index contributed by atoms with van der Waals surface area (Å²) in [7, 11) is -5.83. The summed E-state index contributed by atoms with van der Waals surface area (Å²) in [5.74, 6) is 0. The van der Waals surface area contributed by atoms with E-state index in [0.717, 1.165) is 12.8 Å². The van der Waals surface area contributed by atoms with E-state index < -0.39 is 14.7 Å². The number of rotatable bonds is 4. The van der Waals surface area contributed by atoms with Crippen molar-refractivity contribution in [3.63, 3.8) is 0 Å². The van der Waals surface area contributed by atoms with Crippen LogP contribution in [0.2, 0.25) is 0 Å². The maximum atomic E-state index is 10.3. The molecule has 0 saturated heterocycles. The van der Waals surface area contributed by atoms with Crippen molar-refractivity contribution in [2.24, 2.45) is 0 Å². The third-order valence-electron chi connectivity index (χ3n) is 1.26. The monoisotopic (exact) mass is 306 g/mol. The predicted octanol–water partition coefficient (Wildman–Crippen LogP) is 1.33. The molecule has 7 heteroatoms. The molecule has 2 atom stereocenters. The topological polar surface area (TPSA) is 80.3 Å².